The first-order chi connectivity index (χ1) is 9.72. The largest absolute Gasteiger partial charge is 0.349 e. The molecule has 0 aliphatic heterocycles. The van der Waals surface area contributed by atoms with Crippen molar-refractivity contribution in [1.82, 2.24) is 15.1 Å². The number of amides is 1. The second-order valence-corrected chi connectivity index (χ2v) is 5.54. The van der Waals surface area contributed by atoms with E-state index < -0.39 is 0 Å². The minimum absolute atomic E-state index is 0.0443. The van der Waals surface area contributed by atoms with Crippen molar-refractivity contribution in [3.8, 4) is 5.69 Å². The predicted octanol–water partition coefficient (Wildman–Crippen LogP) is 3.20. The maximum atomic E-state index is 12.1. The molecule has 1 heterocycles. The monoisotopic (exact) mass is 289 g/mol. The van der Waals surface area contributed by atoms with Crippen LogP contribution in [0.2, 0.25) is 5.02 Å². The minimum atomic E-state index is -0.0443. The molecule has 1 aromatic carbocycles. The van der Waals surface area contributed by atoms with Gasteiger partial charge >= 0.3 is 0 Å². The van der Waals surface area contributed by atoms with Crippen LogP contribution in [-0.4, -0.2) is 21.7 Å². The Morgan fingerprint density at radius 3 is 2.65 bits per heavy atom. The van der Waals surface area contributed by atoms with Crippen molar-refractivity contribution in [2.45, 2.75) is 31.7 Å². The van der Waals surface area contributed by atoms with Crippen LogP contribution in [0.15, 0.2) is 36.7 Å². The summed E-state index contributed by atoms with van der Waals surface area (Å²) in [5.74, 6) is -0.0443. The Kier molecular flexibility index (Phi) is 3.74. The molecule has 104 valence electrons. The number of nitrogens with one attached hydrogen (secondary N) is 1. The van der Waals surface area contributed by atoms with Gasteiger partial charge in [-0.3, -0.25) is 4.79 Å². The molecule has 0 saturated heterocycles. The summed E-state index contributed by atoms with van der Waals surface area (Å²) >= 11 is 5.86. The van der Waals surface area contributed by atoms with Gasteiger partial charge in [0.25, 0.3) is 5.91 Å². The van der Waals surface area contributed by atoms with E-state index in [2.05, 4.69) is 10.4 Å². The van der Waals surface area contributed by atoms with Crippen LogP contribution in [0.1, 0.15) is 36.0 Å². The van der Waals surface area contributed by atoms with Gasteiger partial charge in [0.15, 0.2) is 0 Å². The van der Waals surface area contributed by atoms with E-state index in [4.69, 9.17) is 11.6 Å². The average Bonchev–Trinajstić information content (AvgIpc) is 3.10. The van der Waals surface area contributed by atoms with Crippen LogP contribution >= 0.6 is 11.6 Å². The number of hydrogen-bond acceptors (Lipinski definition) is 2. The number of carbonyl (C=O) groups is 1. The molecule has 0 radical (unpaired) electrons. The van der Waals surface area contributed by atoms with Crippen molar-refractivity contribution in [3.05, 3.63) is 47.2 Å². The van der Waals surface area contributed by atoms with Gasteiger partial charge in [0, 0.05) is 17.3 Å². The summed E-state index contributed by atoms with van der Waals surface area (Å²) in [5, 5.41) is 7.96. The molecule has 0 unspecified atom stereocenters. The molecule has 0 spiro atoms. The van der Waals surface area contributed by atoms with Crippen molar-refractivity contribution in [2.75, 3.05) is 0 Å². The molecule has 0 bridgehead atoms. The number of benzene rings is 1. The first-order valence-electron chi connectivity index (χ1n) is 6.84. The van der Waals surface area contributed by atoms with Crippen molar-refractivity contribution < 1.29 is 4.79 Å². The SMILES string of the molecule is O=C(NC1CCCC1)c1cnn(-c2ccc(Cl)cc2)c1. The molecule has 1 saturated carbocycles. The number of halogens is 1. The summed E-state index contributed by atoms with van der Waals surface area (Å²) < 4.78 is 1.68. The molecule has 1 aliphatic rings. The summed E-state index contributed by atoms with van der Waals surface area (Å²) in [6.45, 7) is 0. The first-order valence-corrected chi connectivity index (χ1v) is 7.21. The van der Waals surface area contributed by atoms with E-state index in [0.29, 0.717) is 16.6 Å². The number of hydrogen-bond donors (Lipinski definition) is 1. The standard InChI is InChI=1S/C15H16ClN3O/c16-12-5-7-14(8-6-12)19-10-11(9-17-19)15(20)18-13-3-1-2-4-13/h5-10,13H,1-4H2,(H,18,20). The Labute approximate surface area is 122 Å². The first kappa shape index (κ1) is 13.2. The summed E-state index contributed by atoms with van der Waals surface area (Å²) in [4.78, 5) is 12.1. The molecule has 1 aromatic heterocycles. The topological polar surface area (TPSA) is 46.9 Å². The maximum absolute atomic E-state index is 12.1. The Morgan fingerprint density at radius 1 is 1.25 bits per heavy atom. The van der Waals surface area contributed by atoms with Gasteiger partial charge in [-0.15, -0.1) is 0 Å². The minimum Gasteiger partial charge on any atom is -0.349 e. The number of carbonyl (C=O) groups excluding carboxylic acids is 1. The van der Waals surface area contributed by atoms with Gasteiger partial charge in [-0.25, -0.2) is 4.68 Å². The van der Waals surface area contributed by atoms with Gasteiger partial charge in [0.1, 0.15) is 0 Å². The molecular formula is C15H16ClN3O. The van der Waals surface area contributed by atoms with E-state index in [1.807, 2.05) is 12.1 Å². The highest BCUT2D eigenvalue weighted by atomic mass is 35.5. The van der Waals surface area contributed by atoms with Gasteiger partial charge in [-0.2, -0.15) is 5.10 Å². The molecule has 20 heavy (non-hydrogen) atoms. The van der Waals surface area contributed by atoms with Gasteiger partial charge in [-0.1, -0.05) is 24.4 Å². The third kappa shape index (κ3) is 2.85. The van der Waals surface area contributed by atoms with Crippen LogP contribution in [0, 0.1) is 0 Å². The summed E-state index contributed by atoms with van der Waals surface area (Å²) in [7, 11) is 0. The third-order valence-corrected chi connectivity index (χ3v) is 3.88. The molecule has 1 amide bonds. The lowest BCUT2D eigenvalue weighted by Crippen LogP contribution is -2.32. The lowest BCUT2D eigenvalue weighted by molar-refractivity contribution is 0.0938. The maximum Gasteiger partial charge on any atom is 0.254 e. The quantitative estimate of drug-likeness (QED) is 0.943. The molecule has 1 fully saturated rings. The van der Waals surface area contributed by atoms with E-state index in [1.165, 1.54) is 12.8 Å². The molecule has 1 aliphatic carbocycles. The van der Waals surface area contributed by atoms with Crippen molar-refractivity contribution >= 4 is 17.5 Å². The number of aromatic nitrogens is 2. The molecule has 4 nitrogen and oxygen atoms in total. The zero-order valence-corrected chi connectivity index (χ0v) is 11.8. The smallest absolute Gasteiger partial charge is 0.254 e. The fourth-order valence-electron chi connectivity index (χ4n) is 2.51. The van der Waals surface area contributed by atoms with Gasteiger partial charge in [0.05, 0.1) is 17.4 Å². The van der Waals surface area contributed by atoms with Crippen LogP contribution in [-0.2, 0) is 0 Å². The summed E-state index contributed by atoms with van der Waals surface area (Å²) in [6.07, 6.45) is 7.91. The molecule has 3 rings (SSSR count). The number of nitrogens with zero attached hydrogens (tertiary/aromatic N) is 2. The molecule has 0 atom stereocenters. The van der Waals surface area contributed by atoms with Crippen LogP contribution in [0.3, 0.4) is 0 Å². The fourth-order valence-corrected chi connectivity index (χ4v) is 2.64. The van der Waals surface area contributed by atoms with Crippen LogP contribution < -0.4 is 5.32 Å². The molecule has 2 aromatic rings. The van der Waals surface area contributed by atoms with Crippen LogP contribution in [0.5, 0.6) is 0 Å². The lowest BCUT2D eigenvalue weighted by Gasteiger charge is -2.10. The Morgan fingerprint density at radius 2 is 1.95 bits per heavy atom. The summed E-state index contributed by atoms with van der Waals surface area (Å²) in [6, 6.07) is 7.66. The second kappa shape index (κ2) is 5.67. The Bertz CT molecular complexity index is 600. The molecular weight excluding hydrogens is 274 g/mol. The number of rotatable bonds is 3. The zero-order chi connectivity index (χ0) is 13.9. The third-order valence-electron chi connectivity index (χ3n) is 3.63. The van der Waals surface area contributed by atoms with Crippen molar-refractivity contribution in [2.24, 2.45) is 0 Å². The molecule has 1 N–H and O–H groups in total. The second-order valence-electron chi connectivity index (χ2n) is 5.10. The Hall–Kier alpha value is -1.81. The van der Waals surface area contributed by atoms with Crippen molar-refractivity contribution in [1.29, 1.82) is 0 Å². The Balaban J connectivity index is 1.72. The highest BCUT2D eigenvalue weighted by Crippen LogP contribution is 2.18. The summed E-state index contributed by atoms with van der Waals surface area (Å²) in [5.41, 5.74) is 1.47. The van der Waals surface area contributed by atoms with Crippen molar-refractivity contribution in [3.63, 3.8) is 0 Å². The average molecular weight is 290 g/mol. The predicted molar refractivity (Wildman–Crippen MR) is 78.3 cm³/mol. The highest BCUT2D eigenvalue weighted by molar-refractivity contribution is 6.30. The van der Waals surface area contributed by atoms with Gasteiger partial charge in [0.2, 0.25) is 0 Å². The van der Waals surface area contributed by atoms with Crippen LogP contribution in [0.25, 0.3) is 5.69 Å². The lowest BCUT2D eigenvalue weighted by atomic mass is 10.2. The van der Waals surface area contributed by atoms with E-state index in [0.717, 1.165) is 18.5 Å². The highest BCUT2D eigenvalue weighted by Gasteiger charge is 2.18. The zero-order valence-electron chi connectivity index (χ0n) is 11.1. The fraction of sp³-hybridized carbons (Fsp3) is 0.333. The van der Waals surface area contributed by atoms with Gasteiger partial charge in [-0.05, 0) is 37.1 Å². The van der Waals surface area contributed by atoms with E-state index in [1.54, 1.807) is 29.2 Å². The van der Waals surface area contributed by atoms with Gasteiger partial charge < -0.3 is 5.32 Å². The molecule has 5 heteroatoms. The van der Waals surface area contributed by atoms with E-state index >= 15 is 0 Å². The van der Waals surface area contributed by atoms with E-state index in [-0.39, 0.29) is 5.91 Å². The normalized spacial score (nSPS) is 15.4. The van der Waals surface area contributed by atoms with Crippen LogP contribution in [0.4, 0.5) is 0 Å². The van der Waals surface area contributed by atoms with E-state index in [9.17, 15) is 4.79 Å².